The summed E-state index contributed by atoms with van der Waals surface area (Å²) in [7, 11) is 3.05. The van der Waals surface area contributed by atoms with Gasteiger partial charge in [-0.05, 0) is 40.5 Å². The molecule has 74 heavy (non-hydrogen) atoms. The predicted molar refractivity (Wildman–Crippen MR) is 272 cm³/mol. The standard InChI is InChI=1S/C56H92O18/c1-15-39-35(9)73-55(65-13,27-43(39)69-47-25-41(57)51(63)37(11)67-47)33(7)49(61)31(5)53-29(3)21-17-19-24-46(60)72-54(30(4)22-18-20-23-45(59)71-53)32(6)50(62)34(8)56(66-14)28-44(40(16-2)36(10)74-56)70-48-26-42(58)52(64)38(12)68-48/h17-24,29-44,47-54,57-58,61-64H,15-16,25-28H2,1-14H3/b21-17+,22-18+,23-20+,24-19+/t29-,30-,31-,32+,33-,34-,35-,36+,37+,38-,39-,40+,41+,42-,43-,44+,47+,48+,49+,50-,51-,52+,53-,54-,55-,56+/m0/s1. The van der Waals surface area contributed by atoms with E-state index in [1.165, 1.54) is 38.5 Å². The summed E-state index contributed by atoms with van der Waals surface area (Å²) in [5.74, 6) is -7.70. The number of rotatable bonds is 16. The maximum absolute atomic E-state index is 13.6. The molecule has 18 nitrogen and oxygen atoms in total. The summed E-state index contributed by atoms with van der Waals surface area (Å²) in [6.45, 7) is 22.3. The number of methoxy groups -OCH3 is 2. The lowest BCUT2D eigenvalue weighted by atomic mass is 9.76. The zero-order valence-electron chi connectivity index (χ0n) is 46.3. The number of hydrogen-bond donors (Lipinski definition) is 6. The monoisotopic (exact) mass is 1050 g/mol. The molecule has 5 aliphatic rings. The second kappa shape index (κ2) is 27.3. The average Bonchev–Trinajstić information content (AvgIpc) is 3.36. The maximum atomic E-state index is 13.6. The van der Waals surface area contributed by atoms with Crippen LogP contribution in [0.1, 0.15) is 122 Å². The van der Waals surface area contributed by atoms with Gasteiger partial charge in [-0.15, -0.1) is 0 Å². The fourth-order valence-electron chi connectivity index (χ4n) is 12.2. The molecule has 0 aromatic carbocycles. The zero-order valence-corrected chi connectivity index (χ0v) is 46.3. The number of aliphatic hydroxyl groups excluding tert-OH is 6. The van der Waals surface area contributed by atoms with Gasteiger partial charge in [-0.2, -0.15) is 0 Å². The van der Waals surface area contributed by atoms with E-state index < -0.39 is 145 Å². The number of carbonyl (C=O) groups excluding carboxylic acids is 2. The smallest absolute Gasteiger partial charge is 0.331 e. The summed E-state index contributed by atoms with van der Waals surface area (Å²) in [5, 5.41) is 66.0. The van der Waals surface area contributed by atoms with Crippen LogP contribution in [-0.4, -0.2) is 166 Å². The van der Waals surface area contributed by atoms with E-state index in [1.54, 1.807) is 52.0 Å². The number of carbonyl (C=O) groups is 2. The third-order valence-electron chi connectivity index (χ3n) is 17.1. The van der Waals surface area contributed by atoms with Crippen LogP contribution >= 0.6 is 0 Å². The first-order chi connectivity index (χ1) is 34.9. The second-order valence-corrected chi connectivity index (χ2v) is 22.0. The van der Waals surface area contributed by atoms with Crippen molar-refractivity contribution in [1.82, 2.24) is 0 Å². The molecule has 6 N–H and O–H groups in total. The van der Waals surface area contributed by atoms with Crippen LogP contribution in [0.4, 0.5) is 0 Å². The molecule has 424 valence electrons. The first-order valence-electron chi connectivity index (χ1n) is 27.1. The third-order valence-corrected chi connectivity index (χ3v) is 17.1. The normalized spacial score (nSPS) is 45.1. The van der Waals surface area contributed by atoms with Gasteiger partial charge in [-0.3, -0.25) is 0 Å². The molecule has 0 aliphatic carbocycles. The van der Waals surface area contributed by atoms with Crippen molar-refractivity contribution in [2.24, 2.45) is 47.3 Å². The molecule has 0 saturated carbocycles. The van der Waals surface area contributed by atoms with Crippen molar-refractivity contribution in [3.63, 3.8) is 0 Å². The molecule has 26 atom stereocenters. The van der Waals surface area contributed by atoms with Gasteiger partial charge < -0.3 is 78.0 Å². The number of hydrogen-bond acceptors (Lipinski definition) is 18. The van der Waals surface area contributed by atoms with E-state index in [4.69, 9.17) is 47.4 Å². The number of cyclic esters (lactones) is 2. The second-order valence-electron chi connectivity index (χ2n) is 22.0. The molecule has 0 unspecified atom stereocenters. The van der Waals surface area contributed by atoms with Crippen molar-refractivity contribution < 1.29 is 87.6 Å². The first-order valence-corrected chi connectivity index (χ1v) is 27.1. The highest BCUT2D eigenvalue weighted by atomic mass is 16.7. The van der Waals surface area contributed by atoms with Crippen LogP contribution in [0.25, 0.3) is 0 Å². The highest BCUT2D eigenvalue weighted by Gasteiger charge is 2.55. The first kappa shape index (κ1) is 62.2. The Labute approximate surface area is 439 Å². The molecule has 0 aromatic heterocycles. The van der Waals surface area contributed by atoms with Crippen molar-refractivity contribution in [1.29, 1.82) is 0 Å². The fraction of sp³-hybridized carbons (Fsp3) is 0.821. The summed E-state index contributed by atoms with van der Waals surface area (Å²) >= 11 is 0. The molecule has 0 bridgehead atoms. The van der Waals surface area contributed by atoms with Crippen molar-refractivity contribution in [3.8, 4) is 0 Å². The predicted octanol–water partition coefficient (Wildman–Crippen LogP) is 5.43. The number of esters is 2. The molecule has 5 aliphatic heterocycles. The molecule has 5 heterocycles. The number of aliphatic hydroxyl groups is 6. The van der Waals surface area contributed by atoms with Gasteiger partial charge >= 0.3 is 11.9 Å². The van der Waals surface area contributed by atoms with E-state index in [0.717, 1.165) is 0 Å². The molecule has 5 rings (SSSR count). The summed E-state index contributed by atoms with van der Waals surface area (Å²) < 4.78 is 62.8. The van der Waals surface area contributed by atoms with Crippen molar-refractivity contribution in [2.75, 3.05) is 14.2 Å². The minimum Gasteiger partial charge on any atom is -0.458 e. The molecule has 18 heteroatoms. The Morgan fingerprint density at radius 1 is 0.581 bits per heavy atom. The highest BCUT2D eigenvalue weighted by Crippen LogP contribution is 2.47. The van der Waals surface area contributed by atoms with Crippen molar-refractivity contribution in [2.45, 2.75) is 231 Å². The van der Waals surface area contributed by atoms with Crippen molar-refractivity contribution in [3.05, 3.63) is 48.6 Å². The van der Waals surface area contributed by atoms with Crippen LogP contribution in [0.15, 0.2) is 48.6 Å². The lowest BCUT2D eigenvalue weighted by Crippen LogP contribution is -2.60. The van der Waals surface area contributed by atoms with Crippen LogP contribution in [0, 0.1) is 47.3 Å². The Balaban J connectivity index is 1.31. The van der Waals surface area contributed by atoms with Gasteiger partial charge in [0.05, 0.1) is 61.0 Å². The summed E-state index contributed by atoms with van der Waals surface area (Å²) in [4.78, 5) is 27.3. The van der Waals surface area contributed by atoms with Gasteiger partial charge in [0.15, 0.2) is 24.2 Å². The van der Waals surface area contributed by atoms with Crippen LogP contribution in [0.2, 0.25) is 0 Å². The van der Waals surface area contributed by atoms with Crippen LogP contribution in [0.3, 0.4) is 0 Å². The Morgan fingerprint density at radius 3 is 1.24 bits per heavy atom. The lowest BCUT2D eigenvalue weighted by molar-refractivity contribution is -0.352. The minimum absolute atomic E-state index is 0.0684. The summed E-state index contributed by atoms with van der Waals surface area (Å²) in [6, 6.07) is 0. The van der Waals surface area contributed by atoms with E-state index in [9.17, 15) is 40.2 Å². The Hall–Kier alpha value is -2.66. The van der Waals surface area contributed by atoms with Crippen LogP contribution in [0.5, 0.6) is 0 Å². The SMILES string of the molecule is CC[C@@H]1[C@@H](C)O[C@@](OC)([C@@H](C)[C@@H](O)[C@@H](C)[C@H]2OC(=O)/C=C/C=C/[C@H](C)[C@@H]([C@@H](C)[C@@H](O)[C@H](C)[C@]3(OC)C[C@H](O[C@@H]4C[C@@H](O)[C@@H](O)[C@@H](C)O4)[C@@H](CC)[C@H](C)O3)OC(=O)/C=C/C=C/[C@@H]2C)C[C@H]1O[C@@H]1C[C@H](O)[C@H](O)[C@H](C)O1. The lowest BCUT2D eigenvalue weighted by Gasteiger charge is -2.52. The van der Waals surface area contributed by atoms with E-state index >= 15 is 0 Å². The topological polar surface area (TPSA) is 248 Å². The molecular formula is C56H92O18. The van der Waals surface area contributed by atoms with E-state index in [-0.39, 0.29) is 49.7 Å². The van der Waals surface area contributed by atoms with Gasteiger partial charge in [0.2, 0.25) is 0 Å². The van der Waals surface area contributed by atoms with E-state index in [2.05, 4.69) is 0 Å². The molecule has 4 saturated heterocycles. The molecule has 0 aromatic rings. The maximum Gasteiger partial charge on any atom is 0.331 e. The minimum atomic E-state index is -1.33. The Kier molecular flexibility index (Phi) is 22.9. The van der Waals surface area contributed by atoms with Crippen LogP contribution in [-0.2, 0) is 57.0 Å². The number of allylic oxidation sites excluding steroid dienone is 4. The van der Waals surface area contributed by atoms with Gasteiger partial charge in [0.1, 0.15) is 24.4 Å². The van der Waals surface area contributed by atoms with Crippen molar-refractivity contribution >= 4 is 11.9 Å². The highest BCUT2D eigenvalue weighted by molar-refractivity contribution is 5.83. The van der Waals surface area contributed by atoms with Gasteiger partial charge in [0.25, 0.3) is 0 Å². The molecule has 4 fully saturated rings. The van der Waals surface area contributed by atoms with E-state index in [1.807, 2.05) is 55.4 Å². The Morgan fingerprint density at radius 2 is 0.932 bits per heavy atom. The van der Waals surface area contributed by atoms with Gasteiger partial charge in [0, 0.05) is 99.4 Å². The van der Waals surface area contributed by atoms with Crippen LogP contribution < -0.4 is 0 Å². The van der Waals surface area contributed by atoms with Gasteiger partial charge in [-0.1, -0.05) is 91.8 Å². The molecule has 0 spiro atoms. The molecule has 0 amide bonds. The zero-order chi connectivity index (χ0) is 55.0. The fourth-order valence-corrected chi connectivity index (χ4v) is 12.2. The Bertz CT molecular complexity index is 1740. The average molecular weight is 1050 g/mol. The third kappa shape index (κ3) is 14.5. The van der Waals surface area contributed by atoms with Gasteiger partial charge in [-0.25, -0.2) is 9.59 Å². The quantitative estimate of drug-likeness (QED) is 0.106. The number of ether oxygens (including phenoxy) is 10. The largest absolute Gasteiger partial charge is 0.458 e. The van der Waals surface area contributed by atoms with E-state index in [0.29, 0.717) is 12.8 Å². The summed E-state index contributed by atoms with van der Waals surface area (Å²) in [5.41, 5.74) is 0. The summed E-state index contributed by atoms with van der Waals surface area (Å²) in [6.07, 6.45) is 2.08. The molecular weight excluding hydrogens is 961 g/mol. The molecule has 0 radical (unpaired) electrons.